The zero-order chi connectivity index (χ0) is 25.4. The summed E-state index contributed by atoms with van der Waals surface area (Å²) in [6.45, 7) is 2.09. The Morgan fingerprint density at radius 2 is 1.91 bits per heavy atom. The SMILES string of the molecule is CC(CCCCc1ccccc1)C(O)/C=C/C1CC(F)(F)C(=O)N1CCCc1ccc(C(=O)O)s1. The Hall–Kier alpha value is -2.58. The van der Waals surface area contributed by atoms with Crippen molar-refractivity contribution in [3.63, 3.8) is 0 Å². The first-order valence-electron chi connectivity index (χ1n) is 12.1. The fourth-order valence-corrected chi connectivity index (χ4v) is 5.24. The summed E-state index contributed by atoms with van der Waals surface area (Å²) in [7, 11) is 0. The number of halogens is 2. The van der Waals surface area contributed by atoms with Crippen molar-refractivity contribution in [1.29, 1.82) is 0 Å². The summed E-state index contributed by atoms with van der Waals surface area (Å²) < 4.78 is 28.3. The first-order valence-corrected chi connectivity index (χ1v) is 12.9. The summed E-state index contributed by atoms with van der Waals surface area (Å²) in [6, 6.07) is 12.7. The zero-order valence-corrected chi connectivity index (χ0v) is 20.7. The van der Waals surface area contributed by atoms with Crippen LogP contribution in [0.5, 0.6) is 0 Å². The van der Waals surface area contributed by atoms with Gasteiger partial charge in [0.15, 0.2) is 0 Å². The minimum atomic E-state index is -3.41. The molecule has 1 amide bonds. The number of carbonyl (C=O) groups excluding carboxylic acids is 1. The van der Waals surface area contributed by atoms with E-state index in [4.69, 9.17) is 5.11 Å². The van der Waals surface area contributed by atoms with Crippen LogP contribution in [0.2, 0.25) is 0 Å². The van der Waals surface area contributed by atoms with Gasteiger partial charge in [0.1, 0.15) is 4.88 Å². The highest BCUT2D eigenvalue weighted by Gasteiger charge is 2.52. The third-order valence-corrected chi connectivity index (χ3v) is 7.60. The summed E-state index contributed by atoms with van der Waals surface area (Å²) in [5, 5.41) is 19.5. The Kier molecular flexibility index (Phi) is 9.57. The number of amides is 1. The number of hydrogen-bond acceptors (Lipinski definition) is 4. The molecule has 1 aromatic heterocycles. The number of aryl methyl sites for hydroxylation is 2. The summed E-state index contributed by atoms with van der Waals surface area (Å²) >= 11 is 1.15. The number of aliphatic hydroxyl groups is 1. The van der Waals surface area contributed by atoms with Crippen molar-refractivity contribution in [1.82, 2.24) is 4.90 Å². The van der Waals surface area contributed by atoms with Gasteiger partial charge >= 0.3 is 11.9 Å². The third-order valence-electron chi connectivity index (χ3n) is 6.47. The van der Waals surface area contributed by atoms with Gasteiger partial charge in [-0.2, -0.15) is 8.78 Å². The molecule has 1 aliphatic heterocycles. The van der Waals surface area contributed by atoms with Crippen molar-refractivity contribution in [2.75, 3.05) is 6.54 Å². The molecule has 0 radical (unpaired) electrons. The van der Waals surface area contributed by atoms with Gasteiger partial charge in [-0.15, -0.1) is 11.3 Å². The van der Waals surface area contributed by atoms with E-state index in [9.17, 15) is 23.5 Å². The molecule has 2 N–H and O–H groups in total. The summed E-state index contributed by atoms with van der Waals surface area (Å²) in [4.78, 5) is 25.5. The predicted octanol–water partition coefficient (Wildman–Crippen LogP) is 5.58. The van der Waals surface area contributed by atoms with Gasteiger partial charge in [0.05, 0.1) is 12.1 Å². The van der Waals surface area contributed by atoms with Crippen LogP contribution in [0.1, 0.15) is 59.1 Å². The fraction of sp³-hybridized carbons (Fsp3) is 0.481. The molecule has 0 saturated carbocycles. The van der Waals surface area contributed by atoms with Crippen molar-refractivity contribution in [3.8, 4) is 0 Å². The van der Waals surface area contributed by atoms with Gasteiger partial charge in [-0.1, -0.05) is 55.8 Å². The number of rotatable bonds is 13. The normalized spacial score (nSPS) is 19.4. The minimum absolute atomic E-state index is 0.0182. The van der Waals surface area contributed by atoms with Gasteiger partial charge in [0, 0.05) is 17.8 Å². The lowest BCUT2D eigenvalue weighted by atomic mass is 9.95. The van der Waals surface area contributed by atoms with Crippen LogP contribution in [-0.2, 0) is 17.6 Å². The van der Waals surface area contributed by atoms with Crippen LogP contribution in [0, 0.1) is 5.92 Å². The van der Waals surface area contributed by atoms with E-state index in [1.54, 1.807) is 12.1 Å². The van der Waals surface area contributed by atoms with Gasteiger partial charge in [0.2, 0.25) is 0 Å². The second-order valence-corrected chi connectivity index (χ2v) is 10.4. The molecule has 0 spiro atoms. The number of benzene rings is 1. The molecular formula is C27H33F2NO4S. The number of carboxylic acid groups (broad SMARTS) is 1. The molecule has 1 aliphatic rings. The molecule has 190 valence electrons. The number of aromatic carboxylic acids is 1. The maximum Gasteiger partial charge on any atom is 0.345 e. The Labute approximate surface area is 209 Å². The Balaban J connectivity index is 1.48. The molecule has 8 heteroatoms. The first kappa shape index (κ1) is 27.0. The molecule has 2 heterocycles. The second-order valence-electron chi connectivity index (χ2n) is 9.23. The summed E-state index contributed by atoms with van der Waals surface area (Å²) in [5.41, 5.74) is 1.29. The number of carbonyl (C=O) groups is 2. The topological polar surface area (TPSA) is 77.8 Å². The number of alkyl halides is 2. The number of thiophene rings is 1. The molecule has 35 heavy (non-hydrogen) atoms. The number of carboxylic acids is 1. The van der Waals surface area contributed by atoms with E-state index in [0.717, 1.165) is 41.9 Å². The van der Waals surface area contributed by atoms with E-state index in [0.29, 0.717) is 12.8 Å². The average molecular weight is 506 g/mol. The standard InChI is InChI=1S/C27H33F2NO4S/c1-19(8-5-6-11-20-9-3-2-4-10-20)23(31)15-13-21-18-27(28,29)26(34)30(21)17-7-12-22-14-16-24(35-22)25(32)33/h2-4,9-10,13-16,19,21,23,31H,5-8,11-12,17-18H2,1H3,(H,32,33)/b15-13+. The first-order chi connectivity index (χ1) is 16.7. The largest absolute Gasteiger partial charge is 0.477 e. The molecule has 3 unspecified atom stereocenters. The van der Waals surface area contributed by atoms with E-state index in [1.165, 1.54) is 22.6 Å². The predicted molar refractivity (Wildman–Crippen MR) is 133 cm³/mol. The van der Waals surface area contributed by atoms with Gasteiger partial charge in [-0.3, -0.25) is 4.79 Å². The second kappa shape index (κ2) is 12.4. The van der Waals surface area contributed by atoms with Crippen LogP contribution in [-0.4, -0.2) is 51.6 Å². The van der Waals surface area contributed by atoms with E-state index in [1.807, 2.05) is 25.1 Å². The van der Waals surface area contributed by atoms with Gasteiger partial charge < -0.3 is 15.1 Å². The molecule has 3 atom stereocenters. The van der Waals surface area contributed by atoms with Crippen molar-refractivity contribution in [2.24, 2.45) is 5.92 Å². The van der Waals surface area contributed by atoms with E-state index in [-0.39, 0.29) is 17.3 Å². The Bertz CT molecular complexity index is 1010. The van der Waals surface area contributed by atoms with Crippen LogP contribution in [0.3, 0.4) is 0 Å². The number of nitrogens with zero attached hydrogens (tertiary/aromatic N) is 1. The van der Waals surface area contributed by atoms with Crippen molar-refractivity contribution < 1.29 is 28.6 Å². The van der Waals surface area contributed by atoms with Gasteiger partial charge in [0.25, 0.3) is 5.91 Å². The molecule has 1 aromatic carbocycles. The quantitative estimate of drug-likeness (QED) is 0.275. The monoisotopic (exact) mass is 505 g/mol. The van der Waals surface area contributed by atoms with Crippen molar-refractivity contribution in [2.45, 2.75) is 69.9 Å². The van der Waals surface area contributed by atoms with Crippen molar-refractivity contribution >= 4 is 23.2 Å². The number of unbranched alkanes of at least 4 members (excludes halogenated alkanes) is 1. The highest BCUT2D eigenvalue weighted by Crippen LogP contribution is 2.34. The third kappa shape index (κ3) is 7.70. The average Bonchev–Trinajstić information content (AvgIpc) is 3.39. The number of hydrogen-bond donors (Lipinski definition) is 2. The Morgan fingerprint density at radius 3 is 2.60 bits per heavy atom. The summed E-state index contributed by atoms with van der Waals surface area (Å²) in [5.74, 6) is -5.62. The molecule has 0 aliphatic carbocycles. The van der Waals surface area contributed by atoms with Crippen LogP contribution in [0.4, 0.5) is 8.78 Å². The minimum Gasteiger partial charge on any atom is -0.477 e. The van der Waals surface area contributed by atoms with E-state index < -0.39 is 36.4 Å². The maximum absolute atomic E-state index is 14.2. The van der Waals surface area contributed by atoms with Crippen LogP contribution in [0.25, 0.3) is 0 Å². The molecule has 5 nitrogen and oxygen atoms in total. The highest BCUT2D eigenvalue weighted by atomic mass is 32.1. The lowest BCUT2D eigenvalue weighted by molar-refractivity contribution is -0.148. The lowest BCUT2D eigenvalue weighted by Gasteiger charge is -2.22. The molecule has 3 rings (SSSR count). The molecular weight excluding hydrogens is 472 g/mol. The van der Waals surface area contributed by atoms with Gasteiger partial charge in [-0.25, -0.2) is 4.79 Å². The van der Waals surface area contributed by atoms with Gasteiger partial charge in [-0.05, 0) is 55.7 Å². The summed E-state index contributed by atoms with van der Waals surface area (Å²) in [6.07, 6.45) is 6.46. The van der Waals surface area contributed by atoms with E-state index >= 15 is 0 Å². The fourth-order valence-electron chi connectivity index (χ4n) is 4.35. The van der Waals surface area contributed by atoms with Crippen LogP contribution >= 0.6 is 11.3 Å². The molecule has 0 bridgehead atoms. The smallest absolute Gasteiger partial charge is 0.345 e. The van der Waals surface area contributed by atoms with Crippen molar-refractivity contribution in [3.05, 3.63) is 69.9 Å². The van der Waals surface area contributed by atoms with E-state index in [2.05, 4.69) is 12.1 Å². The zero-order valence-electron chi connectivity index (χ0n) is 19.9. The van der Waals surface area contributed by atoms with Crippen LogP contribution < -0.4 is 0 Å². The van der Waals surface area contributed by atoms with Crippen LogP contribution in [0.15, 0.2) is 54.6 Å². The molecule has 1 fully saturated rings. The number of likely N-dealkylation sites (tertiary alicyclic amines) is 1. The Morgan fingerprint density at radius 1 is 1.17 bits per heavy atom. The number of aliphatic hydroxyl groups excluding tert-OH is 1. The highest BCUT2D eigenvalue weighted by molar-refractivity contribution is 7.13. The lowest BCUT2D eigenvalue weighted by Crippen LogP contribution is -2.36. The molecule has 2 aromatic rings. The molecule has 1 saturated heterocycles. The maximum atomic E-state index is 14.2.